The topological polar surface area (TPSA) is 70.7 Å². The Bertz CT molecular complexity index is 731. The fourth-order valence-electron chi connectivity index (χ4n) is 2.80. The molecule has 6 heteroatoms. The van der Waals surface area contributed by atoms with Crippen LogP contribution in [0.1, 0.15) is 13.3 Å². The van der Waals surface area contributed by atoms with Gasteiger partial charge in [-0.3, -0.25) is 4.79 Å². The third kappa shape index (κ3) is 4.09. The summed E-state index contributed by atoms with van der Waals surface area (Å²) in [7, 11) is 0. The first kappa shape index (κ1) is 16.8. The number of carbonyl (C=O) groups is 2. The van der Waals surface area contributed by atoms with Crippen LogP contribution < -0.4 is 20.3 Å². The van der Waals surface area contributed by atoms with E-state index >= 15 is 0 Å². The van der Waals surface area contributed by atoms with Gasteiger partial charge in [-0.15, -0.1) is 0 Å². The number of amides is 3. The lowest BCUT2D eigenvalue weighted by molar-refractivity contribution is -0.118. The van der Waals surface area contributed by atoms with E-state index in [2.05, 4.69) is 10.6 Å². The van der Waals surface area contributed by atoms with Gasteiger partial charge in [0.25, 0.3) is 0 Å². The number of ether oxygens (including phenoxy) is 1. The quantitative estimate of drug-likeness (QED) is 0.880. The van der Waals surface area contributed by atoms with Crippen LogP contribution in [0.5, 0.6) is 5.75 Å². The first-order valence-electron chi connectivity index (χ1n) is 8.34. The van der Waals surface area contributed by atoms with Crippen molar-refractivity contribution in [2.45, 2.75) is 19.4 Å². The number of hydrogen-bond donors (Lipinski definition) is 2. The van der Waals surface area contributed by atoms with Gasteiger partial charge in [0.15, 0.2) is 0 Å². The zero-order valence-electron chi connectivity index (χ0n) is 14.1. The van der Waals surface area contributed by atoms with Gasteiger partial charge in [0.05, 0.1) is 6.61 Å². The van der Waals surface area contributed by atoms with Crippen molar-refractivity contribution in [2.75, 3.05) is 23.4 Å². The zero-order chi connectivity index (χ0) is 17.6. The van der Waals surface area contributed by atoms with Crippen LogP contribution in [-0.4, -0.2) is 31.1 Å². The number of urea groups is 1. The number of para-hydroxylation sites is 1. The number of benzene rings is 2. The summed E-state index contributed by atoms with van der Waals surface area (Å²) in [5.74, 6) is 0.658. The predicted octanol–water partition coefficient (Wildman–Crippen LogP) is 3.01. The van der Waals surface area contributed by atoms with Crippen molar-refractivity contribution in [3.8, 4) is 5.75 Å². The van der Waals surface area contributed by atoms with E-state index in [0.29, 0.717) is 25.3 Å². The Hall–Kier alpha value is -3.02. The molecule has 25 heavy (non-hydrogen) atoms. The highest BCUT2D eigenvalue weighted by atomic mass is 16.5. The minimum absolute atomic E-state index is 0.0898. The summed E-state index contributed by atoms with van der Waals surface area (Å²) in [6.07, 6.45) is 0.588. The fourth-order valence-corrected chi connectivity index (χ4v) is 2.80. The number of rotatable bonds is 5. The monoisotopic (exact) mass is 339 g/mol. The van der Waals surface area contributed by atoms with Crippen molar-refractivity contribution in [3.63, 3.8) is 0 Å². The largest absolute Gasteiger partial charge is 0.494 e. The molecule has 0 aromatic heterocycles. The van der Waals surface area contributed by atoms with Gasteiger partial charge in [-0.2, -0.15) is 0 Å². The van der Waals surface area contributed by atoms with Crippen LogP contribution in [0.3, 0.4) is 0 Å². The highest BCUT2D eigenvalue weighted by molar-refractivity contribution is 6.02. The Morgan fingerprint density at radius 3 is 2.56 bits per heavy atom. The van der Waals surface area contributed by atoms with Crippen LogP contribution in [0.25, 0.3) is 0 Å². The van der Waals surface area contributed by atoms with E-state index in [0.717, 1.165) is 11.4 Å². The molecule has 1 heterocycles. The van der Waals surface area contributed by atoms with E-state index in [1.54, 1.807) is 29.2 Å². The molecule has 0 saturated carbocycles. The summed E-state index contributed by atoms with van der Waals surface area (Å²) in [6, 6.07) is 15.7. The number of nitrogens with one attached hydrogen (secondary N) is 2. The average molecular weight is 339 g/mol. The van der Waals surface area contributed by atoms with Crippen LogP contribution in [0.2, 0.25) is 0 Å². The van der Waals surface area contributed by atoms with Gasteiger partial charge in [-0.05, 0) is 49.7 Å². The maximum absolute atomic E-state index is 12.5. The first-order valence-corrected chi connectivity index (χ1v) is 8.34. The average Bonchev–Trinajstić information content (AvgIpc) is 2.98. The molecule has 2 aromatic rings. The van der Waals surface area contributed by atoms with Crippen molar-refractivity contribution < 1.29 is 14.3 Å². The Balaban J connectivity index is 1.55. The van der Waals surface area contributed by atoms with Crippen molar-refractivity contribution in [1.29, 1.82) is 0 Å². The normalized spacial score (nSPS) is 16.6. The van der Waals surface area contributed by atoms with Crippen LogP contribution in [-0.2, 0) is 4.79 Å². The Labute approximate surface area is 146 Å². The zero-order valence-corrected chi connectivity index (χ0v) is 14.1. The lowest BCUT2D eigenvalue weighted by Gasteiger charge is -2.17. The summed E-state index contributed by atoms with van der Waals surface area (Å²) in [5.41, 5.74) is 1.50. The Morgan fingerprint density at radius 2 is 1.88 bits per heavy atom. The number of nitrogens with zero attached hydrogens (tertiary/aromatic N) is 1. The summed E-state index contributed by atoms with van der Waals surface area (Å²) in [5, 5.41) is 5.48. The van der Waals surface area contributed by atoms with Crippen LogP contribution in [0, 0.1) is 0 Å². The van der Waals surface area contributed by atoms with E-state index in [1.165, 1.54) is 0 Å². The van der Waals surface area contributed by atoms with Crippen molar-refractivity contribution in [1.82, 2.24) is 5.32 Å². The number of carbonyl (C=O) groups excluding carboxylic acids is 2. The molecule has 130 valence electrons. The maximum Gasteiger partial charge on any atom is 0.319 e. The molecular weight excluding hydrogens is 318 g/mol. The minimum atomic E-state index is -0.511. The molecule has 2 N–H and O–H groups in total. The smallest absolute Gasteiger partial charge is 0.319 e. The maximum atomic E-state index is 12.5. The standard InChI is InChI=1S/C19H21N3O3/c1-2-25-16-10-8-14(9-11-16)20-19(24)21-17-12-13-22(18(17)23)15-6-4-3-5-7-15/h3-11,17H,2,12-13H2,1H3,(H2,20,21,24)/t17-/m1/s1. The molecule has 0 spiro atoms. The summed E-state index contributed by atoms with van der Waals surface area (Å²) in [4.78, 5) is 26.3. The van der Waals surface area contributed by atoms with E-state index in [9.17, 15) is 9.59 Å². The SMILES string of the molecule is CCOc1ccc(NC(=O)N[C@@H]2CCN(c3ccccc3)C2=O)cc1. The molecule has 3 rings (SSSR count). The molecule has 0 unspecified atom stereocenters. The van der Waals surface area contributed by atoms with Crippen LogP contribution in [0.15, 0.2) is 54.6 Å². The molecule has 1 aliphatic rings. The third-order valence-electron chi connectivity index (χ3n) is 4.00. The van der Waals surface area contributed by atoms with E-state index in [-0.39, 0.29) is 5.91 Å². The minimum Gasteiger partial charge on any atom is -0.494 e. The molecule has 1 aliphatic heterocycles. The van der Waals surface area contributed by atoms with Crippen LogP contribution >= 0.6 is 0 Å². The second-order valence-corrected chi connectivity index (χ2v) is 5.72. The Morgan fingerprint density at radius 1 is 1.16 bits per heavy atom. The van der Waals surface area contributed by atoms with Gasteiger partial charge in [-0.25, -0.2) is 4.79 Å². The van der Waals surface area contributed by atoms with Crippen LogP contribution in [0.4, 0.5) is 16.2 Å². The molecular formula is C19H21N3O3. The highest BCUT2D eigenvalue weighted by Gasteiger charge is 2.33. The molecule has 3 amide bonds. The van der Waals surface area contributed by atoms with Crippen molar-refractivity contribution >= 4 is 23.3 Å². The number of hydrogen-bond acceptors (Lipinski definition) is 3. The van der Waals surface area contributed by atoms with Gasteiger partial charge >= 0.3 is 6.03 Å². The molecule has 1 atom stereocenters. The Kier molecular flexibility index (Phi) is 5.18. The predicted molar refractivity (Wildman–Crippen MR) is 97.0 cm³/mol. The van der Waals surface area contributed by atoms with E-state index in [1.807, 2.05) is 37.3 Å². The van der Waals surface area contributed by atoms with Gasteiger partial charge in [0.1, 0.15) is 11.8 Å². The second-order valence-electron chi connectivity index (χ2n) is 5.72. The molecule has 0 aliphatic carbocycles. The lowest BCUT2D eigenvalue weighted by Crippen LogP contribution is -2.43. The molecule has 0 radical (unpaired) electrons. The molecule has 6 nitrogen and oxygen atoms in total. The summed E-state index contributed by atoms with van der Waals surface area (Å²) in [6.45, 7) is 3.10. The highest BCUT2D eigenvalue weighted by Crippen LogP contribution is 2.21. The summed E-state index contributed by atoms with van der Waals surface area (Å²) >= 11 is 0. The van der Waals surface area contributed by atoms with Gasteiger partial charge in [0, 0.05) is 17.9 Å². The fraction of sp³-hybridized carbons (Fsp3) is 0.263. The lowest BCUT2D eigenvalue weighted by atomic mass is 10.2. The van der Waals surface area contributed by atoms with Crippen molar-refractivity contribution in [3.05, 3.63) is 54.6 Å². The third-order valence-corrected chi connectivity index (χ3v) is 4.00. The van der Waals surface area contributed by atoms with Gasteiger partial charge in [0.2, 0.25) is 5.91 Å². The molecule has 2 aromatic carbocycles. The molecule has 1 fully saturated rings. The van der Waals surface area contributed by atoms with E-state index in [4.69, 9.17) is 4.74 Å². The van der Waals surface area contributed by atoms with Crippen molar-refractivity contribution in [2.24, 2.45) is 0 Å². The molecule has 1 saturated heterocycles. The second kappa shape index (κ2) is 7.70. The molecule has 0 bridgehead atoms. The summed E-state index contributed by atoms with van der Waals surface area (Å²) < 4.78 is 5.36. The number of anilines is 2. The van der Waals surface area contributed by atoms with E-state index < -0.39 is 12.1 Å². The van der Waals surface area contributed by atoms with Gasteiger partial charge in [-0.1, -0.05) is 18.2 Å². The first-order chi connectivity index (χ1) is 12.2. The van der Waals surface area contributed by atoms with Gasteiger partial charge < -0.3 is 20.3 Å².